The Labute approximate surface area is 60.3 Å². The molecule has 4 nitrogen and oxygen atoms in total. The number of anilines is 1. The molecule has 0 unspecified atom stereocenters. The van der Waals surface area contributed by atoms with Crippen LogP contribution >= 0.6 is 0 Å². The van der Waals surface area contributed by atoms with Crippen molar-refractivity contribution >= 4 is 13.8 Å². The highest BCUT2D eigenvalue weighted by molar-refractivity contribution is 6.07. The standard InChI is InChI=1S/C5H7BN4/c1-3-8-4(2-6)10-5(7)9-3/h2H2,1H3,(H2,7,8,9,10). The lowest BCUT2D eigenvalue weighted by Crippen LogP contribution is -2.04. The number of aryl methyl sites for hydroxylation is 1. The Kier molecular flexibility index (Phi) is 1.84. The van der Waals surface area contributed by atoms with E-state index in [-0.39, 0.29) is 5.95 Å². The van der Waals surface area contributed by atoms with Crippen LogP contribution in [0, 0.1) is 6.92 Å². The average molecular weight is 134 g/mol. The van der Waals surface area contributed by atoms with Crippen LogP contribution in [0.2, 0.25) is 0 Å². The Bertz CT molecular complexity index is 217. The predicted octanol–water partition coefficient (Wildman–Crippen LogP) is -0.569. The van der Waals surface area contributed by atoms with E-state index in [2.05, 4.69) is 15.0 Å². The van der Waals surface area contributed by atoms with Crippen LogP contribution in [-0.2, 0) is 6.32 Å². The van der Waals surface area contributed by atoms with Gasteiger partial charge in [-0.05, 0) is 13.2 Å². The van der Waals surface area contributed by atoms with Gasteiger partial charge in [-0.2, -0.15) is 9.97 Å². The monoisotopic (exact) mass is 134 g/mol. The van der Waals surface area contributed by atoms with Crippen molar-refractivity contribution in [3.63, 3.8) is 0 Å². The normalized spacial score (nSPS) is 9.70. The summed E-state index contributed by atoms with van der Waals surface area (Å²) >= 11 is 0. The fourth-order valence-corrected chi connectivity index (χ4v) is 0.651. The molecule has 0 bridgehead atoms. The minimum absolute atomic E-state index is 0.230. The first-order chi connectivity index (χ1) is 4.72. The summed E-state index contributed by atoms with van der Waals surface area (Å²) in [5.41, 5.74) is 5.32. The van der Waals surface area contributed by atoms with Crippen molar-refractivity contribution in [1.29, 1.82) is 0 Å². The summed E-state index contributed by atoms with van der Waals surface area (Å²) in [5.74, 6) is 1.37. The Morgan fingerprint density at radius 2 is 2.10 bits per heavy atom. The minimum atomic E-state index is 0.230. The maximum Gasteiger partial charge on any atom is 0.223 e. The van der Waals surface area contributed by atoms with Gasteiger partial charge < -0.3 is 5.73 Å². The molecule has 0 aliphatic carbocycles. The van der Waals surface area contributed by atoms with Gasteiger partial charge in [-0.1, -0.05) is 0 Å². The maximum atomic E-state index is 5.32. The van der Waals surface area contributed by atoms with Gasteiger partial charge in [-0.15, -0.1) is 0 Å². The second kappa shape index (κ2) is 2.64. The first kappa shape index (κ1) is 6.99. The van der Waals surface area contributed by atoms with Crippen molar-refractivity contribution in [2.75, 3.05) is 5.73 Å². The van der Waals surface area contributed by atoms with E-state index in [0.29, 0.717) is 18.0 Å². The van der Waals surface area contributed by atoms with Gasteiger partial charge >= 0.3 is 0 Å². The van der Waals surface area contributed by atoms with Crippen LogP contribution in [0.1, 0.15) is 11.6 Å². The van der Waals surface area contributed by atoms with E-state index in [1.165, 1.54) is 0 Å². The van der Waals surface area contributed by atoms with E-state index in [9.17, 15) is 0 Å². The van der Waals surface area contributed by atoms with E-state index in [1.807, 2.05) is 0 Å². The highest BCUT2D eigenvalue weighted by atomic mass is 15.1. The molecule has 2 radical (unpaired) electrons. The highest BCUT2D eigenvalue weighted by Gasteiger charge is 1.96. The molecule has 0 atom stereocenters. The zero-order valence-corrected chi connectivity index (χ0v) is 5.70. The zero-order valence-electron chi connectivity index (χ0n) is 5.70. The summed E-state index contributed by atoms with van der Waals surface area (Å²) in [4.78, 5) is 11.5. The molecular weight excluding hydrogens is 127 g/mol. The molecule has 1 aromatic heterocycles. The van der Waals surface area contributed by atoms with Gasteiger partial charge in [-0.25, -0.2) is 4.98 Å². The SMILES string of the molecule is [B]Cc1nc(C)nc(N)n1. The predicted molar refractivity (Wildman–Crippen MR) is 38.4 cm³/mol. The van der Waals surface area contributed by atoms with Gasteiger partial charge in [0.25, 0.3) is 0 Å². The number of nitrogens with two attached hydrogens (primary N) is 1. The molecule has 10 heavy (non-hydrogen) atoms. The number of rotatable bonds is 1. The van der Waals surface area contributed by atoms with Crippen LogP contribution in [0.5, 0.6) is 0 Å². The molecule has 50 valence electrons. The Balaban J connectivity index is 3.06. The first-order valence-corrected chi connectivity index (χ1v) is 2.89. The minimum Gasteiger partial charge on any atom is -0.368 e. The van der Waals surface area contributed by atoms with Gasteiger partial charge in [0.1, 0.15) is 11.6 Å². The van der Waals surface area contributed by atoms with Crippen molar-refractivity contribution in [2.24, 2.45) is 0 Å². The molecule has 5 heteroatoms. The number of hydrogen-bond donors (Lipinski definition) is 1. The lowest BCUT2D eigenvalue weighted by molar-refractivity contribution is 0.920. The van der Waals surface area contributed by atoms with E-state index in [0.717, 1.165) is 0 Å². The van der Waals surface area contributed by atoms with Crippen LogP contribution in [-0.4, -0.2) is 22.8 Å². The van der Waals surface area contributed by atoms with Crippen LogP contribution in [0.25, 0.3) is 0 Å². The Morgan fingerprint density at radius 1 is 1.40 bits per heavy atom. The van der Waals surface area contributed by atoms with Crippen molar-refractivity contribution in [2.45, 2.75) is 13.2 Å². The molecule has 1 rings (SSSR count). The third kappa shape index (κ3) is 1.43. The van der Waals surface area contributed by atoms with Crippen molar-refractivity contribution in [3.8, 4) is 0 Å². The highest BCUT2D eigenvalue weighted by Crippen LogP contribution is 1.94. The summed E-state index contributed by atoms with van der Waals surface area (Å²) in [6.45, 7) is 1.75. The van der Waals surface area contributed by atoms with Crippen molar-refractivity contribution < 1.29 is 0 Å². The van der Waals surface area contributed by atoms with E-state index in [4.69, 9.17) is 13.6 Å². The number of hydrogen-bond acceptors (Lipinski definition) is 4. The second-order valence-corrected chi connectivity index (χ2v) is 1.86. The van der Waals surface area contributed by atoms with Gasteiger partial charge in [0.15, 0.2) is 0 Å². The van der Waals surface area contributed by atoms with Crippen LogP contribution < -0.4 is 5.73 Å². The van der Waals surface area contributed by atoms with Crippen LogP contribution in [0.3, 0.4) is 0 Å². The molecule has 0 amide bonds. The summed E-state index contributed by atoms with van der Waals surface area (Å²) in [7, 11) is 5.28. The molecule has 0 aliphatic rings. The third-order valence-electron chi connectivity index (χ3n) is 0.993. The lowest BCUT2D eigenvalue weighted by Gasteiger charge is -1.97. The summed E-state index contributed by atoms with van der Waals surface area (Å²) in [6.07, 6.45) is 0.299. The quantitative estimate of drug-likeness (QED) is 0.522. The molecule has 0 saturated heterocycles. The molecule has 2 N–H and O–H groups in total. The average Bonchev–Trinajstić information content (AvgIpc) is 1.85. The topological polar surface area (TPSA) is 64.7 Å². The van der Waals surface area contributed by atoms with Crippen LogP contribution in [0.15, 0.2) is 0 Å². The molecule has 0 spiro atoms. The van der Waals surface area contributed by atoms with Crippen molar-refractivity contribution in [3.05, 3.63) is 11.6 Å². The summed E-state index contributed by atoms with van der Waals surface area (Å²) in [6, 6.07) is 0. The van der Waals surface area contributed by atoms with Crippen LogP contribution in [0.4, 0.5) is 5.95 Å². The Hall–Kier alpha value is -1.13. The summed E-state index contributed by atoms with van der Waals surface area (Å²) < 4.78 is 0. The van der Waals surface area contributed by atoms with Crippen molar-refractivity contribution in [1.82, 2.24) is 15.0 Å². The van der Waals surface area contributed by atoms with E-state index >= 15 is 0 Å². The molecule has 0 aromatic carbocycles. The maximum absolute atomic E-state index is 5.32. The molecule has 1 aromatic rings. The van der Waals surface area contributed by atoms with Gasteiger partial charge in [0.2, 0.25) is 5.95 Å². The molecular formula is C5H7BN4. The molecule has 0 aliphatic heterocycles. The number of nitrogen functional groups attached to an aromatic ring is 1. The fraction of sp³-hybridized carbons (Fsp3) is 0.400. The Morgan fingerprint density at radius 3 is 2.60 bits per heavy atom. The lowest BCUT2D eigenvalue weighted by atomic mass is 10.1. The largest absolute Gasteiger partial charge is 0.368 e. The first-order valence-electron chi connectivity index (χ1n) is 2.89. The molecule has 1 heterocycles. The number of nitrogens with zero attached hydrogens (tertiary/aromatic N) is 3. The smallest absolute Gasteiger partial charge is 0.223 e. The molecule has 0 saturated carbocycles. The third-order valence-corrected chi connectivity index (χ3v) is 0.993. The van der Waals surface area contributed by atoms with E-state index in [1.54, 1.807) is 6.92 Å². The number of aromatic nitrogens is 3. The molecule has 0 fully saturated rings. The van der Waals surface area contributed by atoms with Gasteiger partial charge in [-0.3, -0.25) is 0 Å². The zero-order chi connectivity index (χ0) is 7.56. The van der Waals surface area contributed by atoms with Gasteiger partial charge in [0, 0.05) is 0 Å². The fourth-order valence-electron chi connectivity index (χ4n) is 0.651. The van der Waals surface area contributed by atoms with Gasteiger partial charge in [0.05, 0.1) is 7.85 Å². The summed E-state index contributed by atoms with van der Waals surface area (Å²) in [5, 5.41) is 0. The van der Waals surface area contributed by atoms with E-state index < -0.39 is 0 Å². The second-order valence-electron chi connectivity index (χ2n) is 1.86.